The molecule has 0 saturated carbocycles. The van der Waals surface area contributed by atoms with Crippen LogP contribution in [0.3, 0.4) is 0 Å². The normalized spacial score (nSPS) is 19.4. The molecule has 1 N–H and O–H groups in total. The van der Waals surface area contributed by atoms with Crippen LogP contribution in [0, 0.1) is 17.2 Å². The third kappa shape index (κ3) is 3.50. The molecule has 2 amide bonds. The Hall–Kier alpha value is -2.79. The van der Waals surface area contributed by atoms with Crippen molar-refractivity contribution in [3.8, 4) is 6.07 Å². The van der Waals surface area contributed by atoms with E-state index in [1.165, 1.54) is 4.90 Å². The van der Waals surface area contributed by atoms with E-state index in [0.717, 1.165) is 29.7 Å². The molecule has 28 heavy (non-hydrogen) atoms. The number of hydrogen-bond acceptors (Lipinski definition) is 6. The molecular weight excluding hydrogens is 374 g/mol. The molecule has 144 valence electrons. The first-order valence-corrected chi connectivity index (χ1v) is 10.4. The highest BCUT2D eigenvalue weighted by Gasteiger charge is 2.29. The Morgan fingerprint density at radius 2 is 2.18 bits per heavy atom. The van der Waals surface area contributed by atoms with Crippen molar-refractivity contribution in [2.24, 2.45) is 5.92 Å². The van der Waals surface area contributed by atoms with Crippen molar-refractivity contribution in [3.05, 3.63) is 36.0 Å². The van der Waals surface area contributed by atoms with Gasteiger partial charge >= 0.3 is 0 Å². The molecule has 0 radical (unpaired) electrons. The molecule has 2 fully saturated rings. The molecule has 2 aliphatic rings. The molecular formula is C20H21N5O2S. The van der Waals surface area contributed by atoms with E-state index >= 15 is 0 Å². The quantitative estimate of drug-likeness (QED) is 0.850. The summed E-state index contributed by atoms with van der Waals surface area (Å²) < 4.78 is 0. The molecule has 1 aromatic carbocycles. The topological polar surface area (TPSA) is 89.3 Å². The Morgan fingerprint density at radius 3 is 2.93 bits per heavy atom. The fourth-order valence-electron chi connectivity index (χ4n) is 3.59. The molecule has 0 unspecified atom stereocenters. The Bertz CT molecular complexity index is 967. The summed E-state index contributed by atoms with van der Waals surface area (Å²) in [6, 6.07) is 9.33. The van der Waals surface area contributed by atoms with Crippen molar-refractivity contribution in [2.75, 3.05) is 36.2 Å². The summed E-state index contributed by atoms with van der Waals surface area (Å²) in [5, 5.41) is 12.6. The lowest BCUT2D eigenvalue weighted by molar-refractivity contribution is -0.129. The predicted molar refractivity (Wildman–Crippen MR) is 109 cm³/mol. The van der Waals surface area contributed by atoms with Crippen LogP contribution in [0.1, 0.15) is 17.3 Å². The molecule has 7 nitrogen and oxygen atoms in total. The first kappa shape index (κ1) is 18.6. The van der Waals surface area contributed by atoms with Gasteiger partial charge < -0.3 is 15.1 Å². The molecule has 2 aliphatic heterocycles. The second kappa shape index (κ2) is 7.68. The number of carbonyl (C=O) groups is 2. The minimum atomic E-state index is -0.419. The number of carbonyl (C=O) groups excluding carboxylic acids is 2. The van der Waals surface area contributed by atoms with Gasteiger partial charge in [0.05, 0.1) is 29.6 Å². The molecule has 1 atom stereocenters. The number of nitrogens with one attached hydrogen (secondary N) is 1. The second-order valence-electron chi connectivity index (χ2n) is 7.26. The van der Waals surface area contributed by atoms with E-state index in [4.69, 9.17) is 5.26 Å². The Kier molecular flexibility index (Phi) is 5.09. The minimum absolute atomic E-state index is 0.120. The maximum Gasteiger partial charge on any atom is 0.252 e. The van der Waals surface area contributed by atoms with Crippen LogP contribution in [0.4, 0.5) is 5.69 Å². The van der Waals surface area contributed by atoms with Crippen molar-refractivity contribution in [1.82, 2.24) is 15.2 Å². The summed E-state index contributed by atoms with van der Waals surface area (Å²) in [6.45, 7) is 4.11. The van der Waals surface area contributed by atoms with Crippen LogP contribution in [0.15, 0.2) is 30.5 Å². The van der Waals surface area contributed by atoms with Gasteiger partial charge in [0.15, 0.2) is 0 Å². The predicted octanol–water partition coefficient (Wildman–Crippen LogP) is 1.85. The van der Waals surface area contributed by atoms with Gasteiger partial charge in [0.1, 0.15) is 6.04 Å². The smallest absolute Gasteiger partial charge is 0.252 e. The lowest BCUT2D eigenvalue weighted by Crippen LogP contribution is -2.45. The van der Waals surface area contributed by atoms with Gasteiger partial charge in [-0.15, -0.1) is 11.8 Å². The van der Waals surface area contributed by atoms with Gasteiger partial charge in [-0.3, -0.25) is 14.6 Å². The largest absolute Gasteiger partial charge is 0.371 e. The minimum Gasteiger partial charge on any atom is -0.371 e. The zero-order valence-electron chi connectivity index (χ0n) is 15.6. The molecule has 0 bridgehead atoms. The molecule has 0 aliphatic carbocycles. The van der Waals surface area contributed by atoms with Crippen molar-refractivity contribution in [1.29, 1.82) is 5.26 Å². The molecule has 2 saturated heterocycles. The number of hydrogen-bond donors (Lipinski definition) is 1. The number of nitrogens with zero attached hydrogens (tertiary/aromatic N) is 4. The second-order valence-corrected chi connectivity index (χ2v) is 8.26. The number of nitriles is 1. The SMILES string of the molecule is CC1CN(c2ccc3nccc(C(=O)NCC(=O)N4CSC[C@H]4C#N)c3c2)C1. The standard InChI is InChI=1S/C20H21N5O2S/c1-13-9-24(10-13)14-2-3-18-17(6-14)16(4-5-22-18)20(27)23-8-19(26)25-12-28-11-15(25)7-21/h2-6,13,15H,8-12H2,1H3,(H,23,27)/t15-/m1/s1. The fraction of sp³-hybridized carbons (Fsp3) is 0.400. The molecule has 4 rings (SSSR count). The maximum absolute atomic E-state index is 12.8. The maximum atomic E-state index is 12.8. The average molecular weight is 395 g/mol. The van der Waals surface area contributed by atoms with E-state index < -0.39 is 6.04 Å². The van der Waals surface area contributed by atoms with Crippen molar-refractivity contribution >= 4 is 40.2 Å². The fourth-order valence-corrected chi connectivity index (χ4v) is 4.69. The third-order valence-corrected chi connectivity index (χ3v) is 6.16. The summed E-state index contributed by atoms with van der Waals surface area (Å²) in [7, 11) is 0. The van der Waals surface area contributed by atoms with Gasteiger partial charge in [-0.2, -0.15) is 5.26 Å². The van der Waals surface area contributed by atoms with E-state index in [1.54, 1.807) is 24.0 Å². The highest BCUT2D eigenvalue weighted by molar-refractivity contribution is 7.99. The van der Waals surface area contributed by atoms with Crippen LogP contribution in [0.2, 0.25) is 0 Å². The summed E-state index contributed by atoms with van der Waals surface area (Å²) in [5.41, 5.74) is 2.33. The van der Waals surface area contributed by atoms with Crippen molar-refractivity contribution in [3.63, 3.8) is 0 Å². The van der Waals surface area contributed by atoms with Crippen molar-refractivity contribution in [2.45, 2.75) is 13.0 Å². The van der Waals surface area contributed by atoms with Gasteiger partial charge in [0.2, 0.25) is 5.91 Å². The van der Waals surface area contributed by atoms with Gasteiger partial charge in [-0.05, 0) is 30.2 Å². The van der Waals surface area contributed by atoms with Gasteiger partial charge in [-0.1, -0.05) is 6.92 Å². The summed E-state index contributed by atoms with van der Waals surface area (Å²) >= 11 is 1.54. The van der Waals surface area contributed by atoms with E-state index in [9.17, 15) is 9.59 Å². The summed E-state index contributed by atoms with van der Waals surface area (Å²) in [4.78, 5) is 33.3. The number of amides is 2. The van der Waals surface area contributed by atoms with Gasteiger partial charge in [0.25, 0.3) is 5.91 Å². The summed E-state index contributed by atoms with van der Waals surface area (Å²) in [5.74, 6) is 1.24. The average Bonchev–Trinajstić information content (AvgIpc) is 3.17. The number of rotatable bonds is 4. The highest BCUT2D eigenvalue weighted by Crippen LogP contribution is 2.28. The van der Waals surface area contributed by atoms with Crippen molar-refractivity contribution < 1.29 is 9.59 Å². The number of aromatic nitrogens is 1. The number of benzene rings is 1. The van der Waals surface area contributed by atoms with E-state index in [-0.39, 0.29) is 18.4 Å². The number of fused-ring (bicyclic) bond motifs is 1. The van der Waals surface area contributed by atoms with Crippen LogP contribution in [-0.4, -0.2) is 59.0 Å². The van der Waals surface area contributed by atoms with Gasteiger partial charge in [-0.25, -0.2) is 0 Å². The first-order valence-electron chi connectivity index (χ1n) is 9.25. The van der Waals surface area contributed by atoms with Crippen LogP contribution in [-0.2, 0) is 4.79 Å². The molecule has 1 aromatic heterocycles. The Balaban J connectivity index is 1.50. The van der Waals surface area contributed by atoms with E-state index in [0.29, 0.717) is 23.1 Å². The zero-order chi connectivity index (χ0) is 19.7. The van der Waals surface area contributed by atoms with E-state index in [1.807, 2.05) is 18.2 Å². The lowest BCUT2D eigenvalue weighted by Gasteiger charge is -2.39. The van der Waals surface area contributed by atoms with Crippen LogP contribution >= 0.6 is 11.8 Å². The number of pyridine rings is 1. The molecule has 3 heterocycles. The summed E-state index contributed by atoms with van der Waals surface area (Å²) in [6.07, 6.45) is 1.60. The molecule has 2 aromatic rings. The van der Waals surface area contributed by atoms with E-state index in [2.05, 4.69) is 28.2 Å². The Labute approximate surface area is 167 Å². The highest BCUT2D eigenvalue weighted by atomic mass is 32.2. The monoisotopic (exact) mass is 395 g/mol. The molecule has 8 heteroatoms. The molecule has 0 spiro atoms. The van der Waals surface area contributed by atoms with Crippen LogP contribution in [0.5, 0.6) is 0 Å². The zero-order valence-corrected chi connectivity index (χ0v) is 16.4. The van der Waals surface area contributed by atoms with Gasteiger partial charge in [0, 0.05) is 36.1 Å². The Morgan fingerprint density at radius 1 is 1.36 bits per heavy atom. The number of thioether (sulfide) groups is 1. The first-order chi connectivity index (χ1) is 13.6. The lowest BCUT2D eigenvalue weighted by atomic mass is 10.0. The third-order valence-electron chi connectivity index (χ3n) is 5.15. The van der Waals surface area contributed by atoms with Crippen LogP contribution in [0.25, 0.3) is 10.9 Å². The number of anilines is 1. The van der Waals surface area contributed by atoms with Crippen LogP contribution < -0.4 is 10.2 Å².